The van der Waals surface area contributed by atoms with Crippen molar-refractivity contribution in [2.45, 2.75) is 25.2 Å². The SMILES string of the molecule is CNc1ncnc2c1ncn2[C@H]1CC[C@@H](COP(=O)(O)O)O1. The molecule has 0 radical (unpaired) electrons. The molecule has 3 heterocycles. The number of hydrogen-bond donors (Lipinski definition) is 3. The van der Waals surface area contributed by atoms with Crippen LogP contribution in [0.5, 0.6) is 0 Å². The molecule has 2 atom stereocenters. The molecule has 0 aromatic carbocycles. The third kappa shape index (κ3) is 3.11. The maximum Gasteiger partial charge on any atom is 0.469 e. The number of imidazole rings is 1. The molecular formula is C11H16N5O5P. The van der Waals surface area contributed by atoms with Crippen molar-refractivity contribution in [2.24, 2.45) is 0 Å². The van der Waals surface area contributed by atoms with Gasteiger partial charge in [0.15, 0.2) is 11.5 Å². The lowest BCUT2D eigenvalue weighted by Crippen LogP contribution is -2.16. The molecule has 0 spiro atoms. The molecule has 10 nitrogen and oxygen atoms in total. The van der Waals surface area contributed by atoms with E-state index < -0.39 is 7.82 Å². The molecule has 120 valence electrons. The summed E-state index contributed by atoms with van der Waals surface area (Å²) in [4.78, 5) is 30.0. The van der Waals surface area contributed by atoms with Crippen LogP contribution in [0.4, 0.5) is 5.82 Å². The van der Waals surface area contributed by atoms with Gasteiger partial charge < -0.3 is 19.8 Å². The highest BCUT2D eigenvalue weighted by Crippen LogP contribution is 2.38. The van der Waals surface area contributed by atoms with Crippen LogP contribution in [0.2, 0.25) is 0 Å². The van der Waals surface area contributed by atoms with E-state index in [2.05, 4.69) is 24.8 Å². The first kappa shape index (κ1) is 15.3. The van der Waals surface area contributed by atoms with Crippen LogP contribution < -0.4 is 5.32 Å². The summed E-state index contributed by atoms with van der Waals surface area (Å²) < 4.78 is 22.7. The van der Waals surface area contributed by atoms with E-state index in [0.717, 1.165) is 0 Å². The van der Waals surface area contributed by atoms with Crippen molar-refractivity contribution in [3.8, 4) is 0 Å². The molecule has 2 aromatic heterocycles. The van der Waals surface area contributed by atoms with Crippen LogP contribution in [0.15, 0.2) is 12.7 Å². The Labute approximate surface area is 125 Å². The number of aromatic nitrogens is 4. The molecule has 1 aliphatic heterocycles. The number of anilines is 1. The fraction of sp³-hybridized carbons (Fsp3) is 0.545. The molecule has 3 N–H and O–H groups in total. The molecule has 0 amide bonds. The van der Waals surface area contributed by atoms with Crippen LogP contribution in [-0.2, 0) is 13.8 Å². The van der Waals surface area contributed by atoms with Gasteiger partial charge in [-0.25, -0.2) is 19.5 Å². The van der Waals surface area contributed by atoms with Gasteiger partial charge in [0.05, 0.1) is 19.0 Å². The molecule has 0 saturated carbocycles. The molecule has 0 bridgehead atoms. The van der Waals surface area contributed by atoms with Crippen molar-refractivity contribution in [2.75, 3.05) is 19.0 Å². The van der Waals surface area contributed by atoms with Gasteiger partial charge in [0.1, 0.15) is 18.1 Å². The van der Waals surface area contributed by atoms with Gasteiger partial charge in [0, 0.05) is 7.05 Å². The Morgan fingerprint density at radius 1 is 1.45 bits per heavy atom. The number of phosphoric ester groups is 1. The predicted octanol–water partition coefficient (Wildman–Crippen LogP) is 0.655. The zero-order valence-corrected chi connectivity index (χ0v) is 12.7. The van der Waals surface area contributed by atoms with E-state index in [0.29, 0.717) is 29.8 Å². The number of nitrogens with zero attached hydrogens (tertiary/aromatic N) is 4. The van der Waals surface area contributed by atoms with Gasteiger partial charge in [-0.05, 0) is 12.8 Å². The van der Waals surface area contributed by atoms with Gasteiger partial charge in [-0.3, -0.25) is 9.09 Å². The van der Waals surface area contributed by atoms with E-state index in [4.69, 9.17) is 14.5 Å². The summed E-state index contributed by atoms with van der Waals surface area (Å²) in [6, 6.07) is 0. The minimum absolute atomic E-state index is 0.149. The first-order valence-corrected chi connectivity index (χ1v) is 8.22. The first-order chi connectivity index (χ1) is 10.5. The average molecular weight is 329 g/mol. The molecule has 11 heteroatoms. The number of rotatable bonds is 5. The molecule has 1 fully saturated rings. The third-order valence-electron chi connectivity index (χ3n) is 3.42. The number of phosphoric acid groups is 1. The van der Waals surface area contributed by atoms with Gasteiger partial charge in [-0.1, -0.05) is 0 Å². The smallest absolute Gasteiger partial charge is 0.371 e. The number of hydrogen-bond acceptors (Lipinski definition) is 7. The van der Waals surface area contributed by atoms with Crippen LogP contribution in [-0.4, -0.2) is 49.1 Å². The van der Waals surface area contributed by atoms with Gasteiger partial charge in [-0.15, -0.1) is 0 Å². The van der Waals surface area contributed by atoms with Gasteiger partial charge in [-0.2, -0.15) is 0 Å². The van der Waals surface area contributed by atoms with Crippen LogP contribution in [0.25, 0.3) is 11.2 Å². The zero-order chi connectivity index (χ0) is 15.7. The Morgan fingerprint density at radius 3 is 3.00 bits per heavy atom. The molecular weight excluding hydrogens is 313 g/mol. The zero-order valence-electron chi connectivity index (χ0n) is 11.8. The molecule has 0 aliphatic carbocycles. The molecule has 1 aliphatic rings. The van der Waals surface area contributed by atoms with Crippen LogP contribution in [0.3, 0.4) is 0 Å². The monoisotopic (exact) mass is 329 g/mol. The second kappa shape index (κ2) is 5.90. The first-order valence-electron chi connectivity index (χ1n) is 6.69. The van der Waals surface area contributed by atoms with E-state index >= 15 is 0 Å². The Kier molecular flexibility index (Phi) is 4.11. The second-order valence-electron chi connectivity index (χ2n) is 4.87. The number of fused-ring (bicyclic) bond motifs is 1. The highest BCUT2D eigenvalue weighted by molar-refractivity contribution is 7.46. The Bertz CT molecular complexity index is 716. The summed E-state index contributed by atoms with van der Waals surface area (Å²) in [5.74, 6) is 0.628. The summed E-state index contributed by atoms with van der Waals surface area (Å²) in [6.45, 7) is -0.149. The quantitative estimate of drug-likeness (QED) is 0.676. The fourth-order valence-corrected chi connectivity index (χ4v) is 2.80. The van der Waals surface area contributed by atoms with Crippen molar-refractivity contribution >= 4 is 24.8 Å². The maximum atomic E-state index is 10.7. The Balaban J connectivity index is 1.75. The van der Waals surface area contributed by atoms with Gasteiger partial charge >= 0.3 is 7.82 Å². The molecule has 3 rings (SSSR count). The van der Waals surface area contributed by atoms with Crippen molar-refractivity contribution in [3.63, 3.8) is 0 Å². The van der Waals surface area contributed by atoms with Crippen LogP contribution in [0.1, 0.15) is 19.1 Å². The van der Waals surface area contributed by atoms with E-state index in [1.807, 2.05) is 0 Å². The van der Waals surface area contributed by atoms with Crippen molar-refractivity contribution in [1.82, 2.24) is 19.5 Å². The highest BCUT2D eigenvalue weighted by Gasteiger charge is 2.30. The third-order valence-corrected chi connectivity index (χ3v) is 3.90. The normalized spacial score (nSPS) is 22.3. The second-order valence-corrected chi connectivity index (χ2v) is 6.11. The van der Waals surface area contributed by atoms with Gasteiger partial charge in [0.25, 0.3) is 0 Å². The summed E-state index contributed by atoms with van der Waals surface area (Å²) in [6.07, 6.45) is 3.70. The van der Waals surface area contributed by atoms with Crippen molar-refractivity contribution < 1.29 is 23.6 Å². The maximum absolute atomic E-state index is 10.7. The van der Waals surface area contributed by atoms with E-state index in [9.17, 15) is 4.57 Å². The molecule has 1 saturated heterocycles. The van der Waals surface area contributed by atoms with Crippen molar-refractivity contribution in [1.29, 1.82) is 0 Å². The Hall–Kier alpha value is -1.58. The largest absolute Gasteiger partial charge is 0.469 e. The topological polar surface area (TPSA) is 132 Å². The van der Waals surface area contributed by atoms with Gasteiger partial charge in [0.2, 0.25) is 0 Å². The minimum Gasteiger partial charge on any atom is -0.371 e. The van der Waals surface area contributed by atoms with E-state index in [-0.39, 0.29) is 18.9 Å². The summed E-state index contributed by atoms with van der Waals surface area (Å²) >= 11 is 0. The van der Waals surface area contributed by atoms with Crippen LogP contribution in [0, 0.1) is 0 Å². The Morgan fingerprint density at radius 2 is 2.27 bits per heavy atom. The standard InChI is InChI=1S/C11H16N5O5P/c1-12-10-9-11(14-5-13-10)16(6-15-9)8-3-2-7(21-8)4-20-22(17,18)19/h5-8H,2-4H2,1H3,(H,12,13,14)(H2,17,18,19)/t7-,8+/m0/s1. The average Bonchev–Trinajstić information content (AvgIpc) is 3.10. The summed E-state index contributed by atoms with van der Waals surface area (Å²) in [5.41, 5.74) is 1.28. The summed E-state index contributed by atoms with van der Waals surface area (Å²) in [7, 11) is -2.72. The number of nitrogens with one attached hydrogen (secondary N) is 1. The number of ether oxygens (including phenoxy) is 1. The lowest BCUT2D eigenvalue weighted by molar-refractivity contribution is -0.0205. The van der Waals surface area contributed by atoms with E-state index in [1.54, 1.807) is 17.9 Å². The van der Waals surface area contributed by atoms with Crippen molar-refractivity contribution in [3.05, 3.63) is 12.7 Å². The summed E-state index contributed by atoms with van der Waals surface area (Å²) in [5, 5.41) is 2.95. The van der Waals surface area contributed by atoms with E-state index in [1.165, 1.54) is 6.33 Å². The lowest BCUT2D eigenvalue weighted by atomic mass is 10.2. The minimum atomic E-state index is -4.48. The predicted molar refractivity (Wildman–Crippen MR) is 76.0 cm³/mol. The molecule has 0 unspecified atom stereocenters. The van der Waals surface area contributed by atoms with Crippen LogP contribution >= 0.6 is 7.82 Å². The highest BCUT2D eigenvalue weighted by atomic mass is 31.2. The lowest BCUT2D eigenvalue weighted by Gasteiger charge is -2.15. The molecule has 22 heavy (non-hydrogen) atoms. The fourth-order valence-electron chi connectivity index (χ4n) is 2.44. The molecule has 2 aromatic rings.